The molecule has 0 radical (unpaired) electrons. The first-order valence-electron chi connectivity index (χ1n) is 5.85. The number of thiophene rings is 1. The van der Waals surface area contributed by atoms with Crippen LogP contribution in [0.5, 0.6) is 0 Å². The zero-order valence-corrected chi connectivity index (χ0v) is 10.8. The first-order chi connectivity index (χ1) is 8.78. The number of nitrogens with zero attached hydrogens (tertiary/aromatic N) is 1. The van der Waals surface area contributed by atoms with Crippen molar-refractivity contribution in [2.24, 2.45) is 0 Å². The summed E-state index contributed by atoms with van der Waals surface area (Å²) in [5.41, 5.74) is 2.15. The van der Waals surface area contributed by atoms with Gasteiger partial charge in [-0.25, -0.2) is 4.98 Å². The molecule has 0 fully saturated rings. The van der Waals surface area contributed by atoms with Crippen molar-refractivity contribution in [1.82, 2.24) is 9.97 Å². The second kappa shape index (κ2) is 4.38. The molecule has 3 nitrogen and oxygen atoms in total. The van der Waals surface area contributed by atoms with Crippen LogP contribution in [-0.4, -0.2) is 9.97 Å². The molecule has 0 bridgehead atoms. The van der Waals surface area contributed by atoms with E-state index in [2.05, 4.69) is 29.0 Å². The molecule has 0 spiro atoms. The third-order valence-corrected chi connectivity index (χ3v) is 3.78. The van der Waals surface area contributed by atoms with Gasteiger partial charge in [0.25, 0.3) is 5.56 Å². The number of rotatable bonds is 2. The number of hydrogen-bond acceptors (Lipinski definition) is 3. The molecule has 0 saturated heterocycles. The molecule has 2 heterocycles. The van der Waals surface area contributed by atoms with E-state index in [1.807, 2.05) is 17.5 Å². The highest BCUT2D eigenvalue weighted by molar-refractivity contribution is 7.16. The first kappa shape index (κ1) is 11.2. The summed E-state index contributed by atoms with van der Waals surface area (Å²) in [5, 5.41) is 2.55. The average molecular weight is 256 g/mol. The summed E-state index contributed by atoms with van der Waals surface area (Å²) in [6, 6.07) is 9.92. The third kappa shape index (κ3) is 1.84. The van der Waals surface area contributed by atoms with Crippen LogP contribution in [0, 0.1) is 0 Å². The summed E-state index contributed by atoms with van der Waals surface area (Å²) in [4.78, 5) is 20.0. The van der Waals surface area contributed by atoms with Crippen LogP contribution < -0.4 is 5.56 Å². The molecule has 0 unspecified atom stereocenters. The van der Waals surface area contributed by atoms with Gasteiger partial charge in [-0.3, -0.25) is 4.79 Å². The zero-order chi connectivity index (χ0) is 12.5. The quantitative estimate of drug-likeness (QED) is 0.765. The lowest BCUT2D eigenvalue weighted by molar-refractivity contribution is 1.13. The van der Waals surface area contributed by atoms with Crippen LogP contribution in [0.3, 0.4) is 0 Å². The van der Waals surface area contributed by atoms with Gasteiger partial charge < -0.3 is 4.98 Å². The molecule has 4 heteroatoms. The highest BCUT2D eigenvalue weighted by atomic mass is 32.1. The Labute approximate surface area is 108 Å². The molecule has 0 aliphatic heterocycles. The van der Waals surface area contributed by atoms with Crippen molar-refractivity contribution < 1.29 is 0 Å². The van der Waals surface area contributed by atoms with Gasteiger partial charge >= 0.3 is 0 Å². The maximum Gasteiger partial charge on any atom is 0.259 e. The van der Waals surface area contributed by atoms with Gasteiger partial charge in [0.1, 0.15) is 10.7 Å². The van der Waals surface area contributed by atoms with Gasteiger partial charge in [-0.15, -0.1) is 11.3 Å². The minimum atomic E-state index is -0.0733. The number of benzene rings is 1. The molecule has 3 rings (SSSR count). The molecule has 0 aliphatic carbocycles. The summed E-state index contributed by atoms with van der Waals surface area (Å²) in [6.45, 7) is 2.12. The standard InChI is InChI=1S/C14H12N2OS/c1-2-9-3-5-10(6-4-9)12-15-13(17)11-7-8-18-14(11)16-12/h3-8H,2H2,1H3,(H,15,16,17). The number of nitrogens with one attached hydrogen (secondary N) is 1. The molecule has 3 aromatic rings. The van der Waals surface area contributed by atoms with Crippen molar-refractivity contribution in [3.8, 4) is 11.4 Å². The van der Waals surface area contributed by atoms with E-state index in [-0.39, 0.29) is 5.56 Å². The van der Waals surface area contributed by atoms with E-state index in [0.717, 1.165) is 16.8 Å². The van der Waals surface area contributed by atoms with Crippen molar-refractivity contribution in [3.63, 3.8) is 0 Å². The fourth-order valence-corrected chi connectivity index (χ4v) is 2.66. The Balaban J connectivity index is 2.15. The summed E-state index contributed by atoms with van der Waals surface area (Å²) in [7, 11) is 0. The highest BCUT2D eigenvalue weighted by Gasteiger charge is 2.06. The van der Waals surface area contributed by atoms with Gasteiger partial charge in [0, 0.05) is 5.56 Å². The number of aromatic nitrogens is 2. The minimum absolute atomic E-state index is 0.0733. The molecule has 18 heavy (non-hydrogen) atoms. The fraction of sp³-hybridized carbons (Fsp3) is 0.143. The molecular weight excluding hydrogens is 244 g/mol. The summed E-state index contributed by atoms with van der Waals surface area (Å²) in [5.74, 6) is 0.637. The van der Waals surface area contributed by atoms with Gasteiger partial charge in [0.2, 0.25) is 0 Å². The molecule has 0 aliphatic rings. The van der Waals surface area contributed by atoms with Crippen LogP contribution in [0.25, 0.3) is 21.6 Å². The van der Waals surface area contributed by atoms with Crippen molar-refractivity contribution in [2.45, 2.75) is 13.3 Å². The predicted molar refractivity (Wildman–Crippen MR) is 75.1 cm³/mol. The van der Waals surface area contributed by atoms with Crippen molar-refractivity contribution in [2.75, 3.05) is 0 Å². The number of aryl methyl sites for hydroxylation is 1. The summed E-state index contributed by atoms with van der Waals surface area (Å²) < 4.78 is 0. The van der Waals surface area contributed by atoms with E-state index in [4.69, 9.17) is 0 Å². The first-order valence-corrected chi connectivity index (χ1v) is 6.72. The Morgan fingerprint density at radius 2 is 2.00 bits per heavy atom. The smallest absolute Gasteiger partial charge is 0.259 e. The second-order valence-corrected chi connectivity index (χ2v) is 5.00. The van der Waals surface area contributed by atoms with Crippen LogP contribution in [0.2, 0.25) is 0 Å². The van der Waals surface area contributed by atoms with Gasteiger partial charge in [0.15, 0.2) is 0 Å². The largest absolute Gasteiger partial charge is 0.306 e. The highest BCUT2D eigenvalue weighted by Crippen LogP contribution is 2.20. The van der Waals surface area contributed by atoms with Crippen molar-refractivity contribution in [1.29, 1.82) is 0 Å². The Morgan fingerprint density at radius 3 is 2.72 bits per heavy atom. The lowest BCUT2D eigenvalue weighted by Gasteiger charge is -2.02. The topological polar surface area (TPSA) is 45.8 Å². The van der Waals surface area contributed by atoms with E-state index in [1.54, 1.807) is 6.07 Å². The predicted octanol–water partition coefficient (Wildman–Crippen LogP) is 3.21. The van der Waals surface area contributed by atoms with E-state index in [9.17, 15) is 4.79 Å². The monoisotopic (exact) mass is 256 g/mol. The molecule has 2 aromatic heterocycles. The molecule has 90 valence electrons. The normalized spacial score (nSPS) is 10.9. The average Bonchev–Trinajstić information content (AvgIpc) is 2.88. The van der Waals surface area contributed by atoms with Crippen LogP contribution in [0.4, 0.5) is 0 Å². The lowest BCUT2D eigenvalue weighted by atomic mass is 10.1. The van der Waals surface area contributed by atoms with Crippen molar-refractivity contribution in [3.05, 3.63) is 51.6 Å². The van der Waals surface area contributed by atoms with Crippen LogP contribution in [0.1, 0.15) is 12.5 Å². The molecule has 0 atom stereocenters. The van der Waals surface area contributed by atoms with Crippen molar-refractivity contribution >= 4 is 21.6 Å². The molecule has 1 N–H and O–H groups in total. The molecule has 1 aromatic carbocycles. The molecule has 0 saturated carbocycles. The molecule has 0 amide bonds. The van der Waals surface area contributed by atoms with E-state index in [0.29, 0.717) is 11.2 Å². The maximum atomic E-state index is 11.9. The van der Waals surface area contributed by atoms with Gasteiger partial charge in [-0.05, 0) is 23.4 Å². The van der Waals surface area contributed by atoms with E-state index >= 15 is 0 Å². The zero-order valence-electron chi connectivity index (χ0n) is 9.93. The lowest BCUT2D eigenvalue weighted by Crippen LogP contribution is -2.07. The Kier molecular flexibility index (Phi) is 2.72. The van der Waals surface area contributed by atoms with Gasteiger partial charge in [-0.1, -0.05) is 31.2 Å². The Bertz CT molecular complexity index is 740. The van der Waals surface area contributed by atoms with Crippen LogP contribution >= 0.6 is 11.3 Å². The number of fused-ring (bicyclic) bond motifs is 1. The number of hydrogen-bond donors (Lipinski definition) is 1. The van der Waals surface area contributed by atoms with E-state index < -0.39 is 0 Å². The Hall–Kier alpha value is -1.94. The summed E-state index contributed by atoms with van der Waals surface area (Å²) >= 11 is 1.49. The van der Waals surface area contributed by atoms with Crippen LogP contribution in [0.15, 0.2) is 40.5 Å². The SMILES string of the molecule is CCc1ccc(-c2nc3sccc3c(=O)[nH]2)cc1. The van der Waals surface area contributed by atoms with Gasteiger partial charge in [0.05, 0.1) is 5.39 Å². The Morgan fingerprint density at radius 1 is 1.22 bits per heavy atom. The number of aromatic amines is 1. The molecular formula is C14H12N2OS. The minimum Gasteiger partial charge on any atom is -0.306 e. The fourth-order valence-electron chi connectivity index (χ4n) is 1.90. The third-order valence-electron chi connectivity index (χ3n) is 2.97. The maximum absolute atomic E-state index is 11.9. The van der Waals surface area contributed by atoms with Gasteiger partial charge in [-0.2, -0.15) is 0 Å². The summed E-state index contributed by atoms with van der Waals surface area (Å²) in [6.07, 6.45) is 1.01. The number of H-pyrrole nitrogens is 1. The van der Waals surface area contributed by atoms with E-state index in [1.165, 1.54) is 16.9 Å². The second-order valence-electron chi connectivity index (χ2n) is 4.10. The van der Waals surface area contributed by atoms with Crippen LogP contribution in [-0.2, 0) is 6.42 Å².